The zero-order valence-electron chi connectivity index (χ0n) is 17.7. The van der Waals surface area contributed by atoms with Crippen LogP contribution in [0.5, 0.6) is 17.2 Å². The molecule has 0 bridgehead atoms. The number of benzene rings is 1. The second-order valence-electron chi connectivity index (χ2n) is 7.25. The standard InChI is InChI=1S/C21H26N6O3/c1-26(15-5-7-23-8-6-15)21-18(25-20-14(11-22)12-24-27(20)21)13-9-16(28-2)19(30-4)17(10-13)29-3/h9-10,12,15,23-24H,5-8H2,1-4H3. The quantitative estimate of drug-likeness (QED) is 0.644. The summed E-state index contributed by atoms with van der Waals surface area (Å²) in [6, 6.07) is 6.34. The average Bonchev–Trinajstić information content (AvgIpc) is 3.37. The van der Waals surface area contributed by atoms with Crippen LogP contribution in [0.1, 0.15) is 18.4 Å². The highest BCUT2D eigenvalue weighted by atomic mass is 16.5. The Morgan fingerprint density at radius 1 is 1.13 bits per heavy atom. The molecule has 1 fully saturated rings. The fourth-order valence-electron chi connectivity index (χ4n) is 4.09. The summed E-state index contributed by atoms with van der Waals surface area (Å²) >= 11 is 0. The number of aromatic nitrogens is 3. The number of piperidine rings is 1. The molecule has 1 aliphatic heterocycles. The lowest BCUT2D eigenvalue weighted by Crippen LogP contribution is -2.41. The second-order valence-corrected chi connectivity index (χ2v) is 7.25. The number of methoxy groups -OCH3 is 3. The highest BCUT2D eigenvalue weighted by Crippen LogP contribution is 2.43. The summed E-state index contributed by atoms with van der Waals surface area (Å²) in [5, 5.41) is 16.1. The Kier molecular flexibility index (Phi) is 5.42. The summed E-state index contributed by atoms with van der Waals surface area (Å²) < 4.78 is 18.4. The molecule has 158 valence electrons. The molecule has 30 heavy (non-hydrogen) atoms. The lowest BCUT2D eigenvalue weighted by Gasteiger charge is -2.33. The molecule has 0 aliphatic carbocycles. The SMILES string of the molecule is COc1cc(-c2nc3c(C#N)c[nH]n3c2N(C)C2CCNCC2)cc(OC)c1OC. The third-order valence-corrected chi connectivity index (χ3v) is 5.68. The smallest absolute Gasteiger partial charge is 0.203 e. The van der Waals surface area contributed by atoms with Crippen LogP contribution in [0.25, 0.3) is 16.9 Å². The molecule has 1 saturated heterocycles. The molecule has 1 aromatic carbocycles. The van der Waals surface area contributed by atoms with E-state index in [-0.39, 0.29) is 0 Å². The summed E-state index contributed by atoms with van der Waals surface area (Å²) in [7, 11) is 6.84. The van der Waals surface area contributed by atoms with Crippen molar-refractivity contribution in [1.82, 2.24) is 19.9 Å². The van der Waals surface area contributed by atoms with E-state index < -0.39 is 0 Å². The van der Waals surface area contributed by atoms with Crippen LogP contribution in [0.4, 0.5) is 5.82 Å². The van der Waals surface area contributed by atoms with Crippen molar-refractivity contribution in [3.63, 3.8) is 0 Å². The Labute approximate surface area is 175 Å². The first-order chi connectivity index (χ1) is 14.6. The van der Waals surface area contributed by atoms with Gasteiger partial charge in [-0.15, -0.1) is 0 Å². The number of rotatable bonds is 6. The fourth-order valence-corrected chi connectivity index (χ4v) is 4.09. The van der Waals surface area contributed by atoms with Gasteiger partial charge in [0.25, 0.3) is 0 Å². The maximum Gasteiger partial charge on any atom is 0.203 e. The maximum atomic E-state index is 9.51. The van der Waals surface area contributed by atoms with Gasteiger partial charge in [0.2, 0.25) is 5.75 Å². The van der Waals surface area contributed by atoms with Gasteiger partial charge in [0.05, 0.1) is 21.3 Å². The molecule has 1 aliphatic rings. The zero-order chi connectivity index (χ0) is 21.3. The molecule has 0 radical (unpaired) electrons. The number of hydrogen-bond acceptors (Lipinski definition) is 7. The van der Waals surface area contributed by atoms with E-state index in [1.54, 1.807) is 27.5 Å². The number of nitriles is 1. The van der Waals surface area contributed by atoms with Crippen LogP contribution in [-0.2, 0) is 0 Å². The molecule has 9 nitrogen and oxygen atoms in total. The lowest BCUT2D eigenvalue weighted by molar-refractivity contribution is 0.324. The van der Waals surface area contributed by atoms with Crippen LogP contribution in [0, 0.1) is 11.3 Å². The molecule has 0 unspecified atom stereocenters. The number of ether oxygens (including phenoxy) is 3. The third kappa shape index (κ3) is 3.19. The van der Waals surface area contributed by atoms with Crippen LogP contribution in [-0.4, -0.2) is 62.1 Å². The van der Waals surface area contributed by atoms with Gasteiger partial charge in [-0.3, -0.25) is 5.10 Å². The minimum Gasteiger partial charge on any atom is -0.493 e. The topological polar surface area (TPSA) is 99.8 Å². The van der Waals surface area contributed by atoms with Gasteiger partial charge >= 0.3 is 0 Å². The first-order valence-electron chi connectivity index (χ1n) is 9.86. The summed E-state index contributed by atoms with van der Waals surface area (Å²) in [6.45, 7) is 1.95. The minimum atomic E-state index is 0.362. The minimum absolute atomic E-state index is 0.362. The number of fused-ring (bicyclic) bond motifs is 1. The number of aromatic amines is 1. The molecule has 0 spiro atoms. The van der Waals surface area contributed by atoms with Gasteiger partial charge in [-0.1, -0.05) is 0 Å². The summed E-state index contributed by atoms with van der Waals surface area (Å²) in [6.07, 6.45) is 3.75. The Hall–Kier alpha value is -3.38. The van der Waals surface area contributed by atoms with E-state index in [1.807, 2.05) is 16.6 Å². The van der Waals surface area contributed by atoms with E-state index in [0.29, 0.717) is 34.5 Å². The van der Waals surface area contributed by atoms with E-state index in [1.165, 1.54) is 0 Å². The summed E-state index contributed by atoms with van der Waals surface area (Å²) in [5.74, 6) is 2.53. The van der Waals surface area contributed by atoms with Gasteiger partial charge in [-0.2, -0.15) is 5.26 Å². The molecule has 2 aromatic heterocycles. The lowest BCUT2D eigenvalue weighted by atomic mass is 10.0. The summed E-state index contributed by atoms with van der Waals surface area (Å²) in [4.78, 5) is 7.08. The molecule has 4 rings (SSSR count). The fraction of sp³-hybridized carbons (Fsp3) is 0.429. The van der Waals surface area contributed by atoms with E-state index in [9.17, 15) is 5.26 Å². The third-order valence-electron chi connectivity index (χ3n) is 5.68. The van der Waals surface area contributed by atoms with Crippen molar-refractivity contribution in [2.45, 2.75) is 18.9 Å². The number of nitrogens with zero attached hydrogens (tertiary/aromatic N) is 4. The predicted octanol–water partition coefficient (Wildman–Crippen LogP) is 2.42. The number of hydrogen-bond donors (Lipinski definition) is 2. The van der Waals surface area contributed by atoms with E-state index in [0.717, 1.165) is 43.0 Å². The van der Waals surface area contributed by atoms with Gasteiger partial charge in [-0.05, 0) is 38.1 Å². The molecular formula is C21H26N6O3. The number of imidazole rings is 1. The van der Waals surface area contributed by atoms with E-state index in [2.05, 4.69) is 28.4 Å². The first kappa shape index (κ1) is 19.9. The Morgan fingerprint density at radius 3 is 2.37 bits per heavy atom. The van der Waals surface area contributed by atoms with Gasteiger partial charge in [0.15, 0.2) is 23.0 Å². The van der Waals surface area contributed by atoms with Crippen LogP contribution in [0.2, 0.25) is 0 Å². The average molecular weight is 410 g/mol. The van der Waals surface area contributed by atoms with Crippen molar-refractivity contribution < 1.29 is 14.2 Å². The first-order valence-corrected chi connectivity index (χ1v) is 9.86. The highest BCUT2D eigenvalue weighted by molar-refractivity contribution is 5.81. The largest absolute Gasteiger partial charge is 0.493 e. The van der Waals surface area contributed by atoms with Crippen molar-refractivity contribution in [3.05, 3.63) is 23.9 Å². The van der Waals surface area contributed by atoms with E-state index in [4.69, 9.17) is 19.2 Å². The molecule has 0 saturated carbocycles. The molecule has 3 aromatic rings. The number of H-pyrrole nitrogens is 1. The monoisotopic (exact) mass is 410 g/mol. The van der Waals surface area contributed by atoms with Crippen molar-refractivity contribution >= 4 is 11.5 Å². The molecule has 0 amide bonds. The molecule has 0 atom stereocenters. The molecule has 9 heteroatoms. The van der Waals surface area contributed by atoms with Gasteiger partial charge < -0.3 is 24.4 Å². The van der Waals surface area contributed by atoms with Gasteiger partial charge in [-0.25, -0.2) is 9.50 Å². The van der Waals surface area contributed by atoms with Crippen LogP contribution in [0.15, 0.2) is 18.3 Å². The Balaban J connectivity index is 1.92. The highest BCUT2D eigenvalue weighted by Gasteiger charge is 2.27. The number of anilines is 1. The number of nitrogens with one attached hydrogen (secondary N) is 2. The van der Waals surface area contributed by atoms with Crippen LogP contribution < -0.4 is 24.4 Å². The molecule has 3 heterocycles. The summed E-state index contributed by atoms with van der Waals surface area (Å²) in [5.41, 5.74) is 2.66. The zero-order valence-corrected chi connectivity index (χ0v) is 17.7. The van der Waals surface area contributed by atoms with Crippen molar-refractivity contribution in [3.8, 4) is 34.6 Å². The second kappa shape index (κ2) is 8.16. The van der Waals surface area contributed by atoms with Gasteiger partial charge in [0, 0.05) is 24.8 Å². The van der Waals surface area contributed by atoms with Crippen molar-refractivity contribution in [2.75, 3.05) is 46.4 Å². The predicted molar refractivity (Wildman–Crippen MR) is 114 cm³/mol. The van der Waals surface area contributed by atoms with Gasteiger partial charge in [0.1, 0.15) is 17.3 Å². The molecule has 2 N–H and O–H groups in total. The van der Waals surface area contributed by atoms with Crippen molar-refractivity contribution in [2.24, 2.45) is 0 Å². The maximum absolute atomic E-state index is 9.51. The van der Waals surface area contributed by atoms with Crippen LogP contribution in [0.3, 0.4) is 0 Å². The van der Waals surface area contributed by atoms with Crippen LogP contribution >= 0.6 is 0 Å². The Bertz CT molecular complexity index is 1070. The van der Waals surface area contributed by atoms with Crippen molar-refractivity contribution in [1.29, 1.82) is 5.26 Å². The van der Waals surface area contributed by atoms with E-state index >= 15 is 0 Å². The Morgan fingerprint density at radius 2 is 1.80 bits per heavy atom. The normalized spacial score (nSPS) is 14.5. The molecular weight excluding hydrogens is 384 g/mol.